The zero-order chi connectivity index (χ0) is 18.2. The minimum absolute atomic E-state index is 0.247. The molecule has 0 aliphatic rings. The Morgan fingerprint density at radius 1 is 0.960 bits per heavy atom. The third kappa shape index (κ3) is 5.07. The van der Waals surface area contributed by atoms with E-state index in [1.807, 2.05) is 6.07 Å². The molecule has 3 N–H and O–H groups in total. The number of amides is 3. The first-order chi connectivity index (χ1) is 12.0. The zero-order valence-corrected chi connectivity index (χ0v) is 14.0. The van der Waals surface area contributed by atoms with Gasteiger partial charge < -0.3 is 4.74 Å². The first-order valence-electron chi connectivity index (χ1n) is 7.71. The van der Waals surface area contributed by atoms with Crippen molar-refractivity contribution in [3.63, 3.8) is 0 Å². The van der Waals surface area contributed by atoms with Gasteiger partial charge in [-0.1, -0.05) is 24.3 Å². The molecule has 130 valence electrons. The third-order valence-electron chi connectivity index (χ3n) is 3.33. The second kappa shape index (κ2) is 8.49. The quantitative estimate of drug-likeness (QED) is 0.745. The molecule has 0 fully saturated rings. The van der Waals surface area contributed by atoms with Gasteiger partial charge in [0.25, 0.3) is 11.8 Å². The molecule has 0 bridgehead atoms. The molecule has 25 heavy (non-hydrogen) atoms. The van der Waals surface area contributed by atoms with Crippen molar-refractivity contribution in [2.75, 3.05) is 11.9 Å². The molecule has 0 aliphatic carbocycles. The average molecular weight is 341 g/mol. The first kappa shape index (κ1) is 18.0. The van der Waals surface area contributed by atoms with Crippen LogP contribution in [-0.4, -0.2) is 24.5 Å². The van der Waals surface area contributed by atoms with Gasteiger partial charge in [0.15, 0.2) is 0 Å². The van der Waals surface area contributed by atoms with Crippen LogP contribution in [0.1, 0.15) is 33.2 Å². The van der Waals surface area contributed by atoms with Gasteiger partial charge in [0.1, 0.15) is 0 Å². The van der Waals surface area contributed by atoms with Gasteiger partial charge in [0.05, 0.1) is 6.61 Å². The Kier molecular flexibility index (Phi) is 6.11. The van der Waals surface area contributed by atoms with Crippen LogP contribution in [0.15, 0.2) is 48.5 Å². The van der Waals surface area contributed by atoms with E-state index < -0.39 is 17.9 Å². The van der Waals surface area contributed by atoms with E-state index in [0.29, 0.717) is 11.3 Å². The first-order valence-corrected chi connectivity index (χ1v) is 7.71. The van der Waals surface area contributed by atoms with E-state index in [1.54, 1.807) is 50.2 Å². The molecule has 3 amide bonds. The number of nitrogens with one attached hydrogen (secondary N) is 3. The highest BCUT2D eigenvalue weighted by Crippen LogP contribution is 2.11. The lowest BCUT2D eigenvalue weighted by Gasteiger charge is -2.10. The van der Waals surface area contributed by atoms with Crippen molar-refractivity contribution in [2.45, 2.75) is 13.8 Å². The molecule has 0 atom stereocenters. The molecule has 2 aromatic carbocycles. The lowest BCUT2D eigenvalue weighted by atomic mass is 10.1. The zero-order valence-electron chi connectivity index (χ0n) is 14.0. The van der Waals surface area contributed by atoms with Crippen molar-refractivity contribution in [1.82, 2.24) is 10.9 Å². The smallest absolute Gasteiger partial charge is 0.411 e. The van der Waals surface area contributed by atoms with Crippen LogP contribution in [0.2, 0.25) is 0 Å². The molecule has 2 rings (SSSR count). The molecule has 0 aliphatic heterocycles. The van der Waals surface area contributed by atoms with Crippen molar-refractivity contribution in [3.8, 4) is 0 Å². The predicted molar refractivity (Wildman–Crippen MR) is 93.2 cm³/mol. The number of benzene rings is 2. The second-order valence-electron chi connectivity index (χ2n) is 5.15. The summed E-state index contributed by atoms with van der Waals surface area (Å²) in [6.45, 7) is 3.75. The summed E-state index contributed by atoms with van der Waals surface area (Å²) in [5, 5.41) is 2.51. The van der Waals surface area contributed by atoms with E-state index in [0.717, 1.165) is 5.56 Å². The number of carbonyl (C=O) groups is 3. The number of hydrogen-bond acceptors (Lipinski definition) is 4. The predicted octanol–water partition coefficient (Wildman–Crippen LogP) is 2.64. The summed E-state index contributed by atoms with van der Waals surface area (Å²) < 4.78 is 4.78. The van der Waals surface area contributed by atoms with Gasteiger partial charge in [-0.15, -0.1) is 0 Å². The number of anilines is 1. The molecule has 0 spiro atoms. The topological polar surface area (TPSA) is 96.5 Å². The fraction of sp³-hybridized carbons (Fsp3) is 0.167. The molecule has 7 heteroatoms. The molecule has 2 aromatic rings. The van der Waals surface area contributed by atoms with Gasteiger partial charge in [-0.3, -0.25) is 25.8 Å². The third-order valence-corrected chi connectivity index (χ3v) is 3.33. The minimum atomic E-state index is -0.604. The Morgan fingerprint density at radius 2 is 1.68 bits per heavy atom. The van der Waals surface area contributed by atoms with E-state index in [4.69, 9.17) is 4.74 Å². The van der Waals surface area contributed by atoms with Gasteiger partial charge in [-0.25, -0.2) is 4.79 Å². The SMILES string of the molecule is CCOC(=O)Nc1cccc(C(=O)NNC(=O)c2ccccc2C)c1. The lowest BCUT2D eigenvalue weighted by molar-refractivity contribution is 0.0846. The van der Waals surface area contributed by atoms with Crippen LogP contribution in [0, 0.1) is 6.92 Å². The maximum atomic E-state index is 12.2. The highest BCUT2D eigenvalue weighted by Gasteiger charge is 2.11. The maximum Gasteiger partial charge on any atom is 0.411 e. The number of ether oxygens (including phenoxy) is 1. The Bertz CT molecular complexity index is 789. The highest BCUT2D eigenvalue weighted by molar-refractivity contribution is 6.00. The summed E-state index contributed by atoms with van der Waals surface area (Å²) in [4.78, 5) is 35.7. The summed E-state index contributed by atoms with van der Waals surface area (Å²) in [5.74, 6) is -0.915. The highest BCUT2D eigenvalue weighted by atomic mass is 16.5. The minimum Gasteiger partial charge on any atom is -0.450 e. The van der Waals surface area contributed by atoms with Crippen molar-refractivity contribution >= 4 is 23.6 Å². The van der Waals surface area contributed by atoms with Crippen LogP contribution in [-0.2, 0) is 4.74 Å². The van der Waals surface area contributed by atoms with Crippen LogP contribution >= 0.6 is 0 Å². The summed E-state index contributed by atoms with van der Waals surface area (Å²) >= 11 is 0. The molecule has 0 aromatic heterocycles. The largest absolute Gasteiger partial charge is 0.450 e. The van der Waals surface area contributed by atoms with E-state index in [2.05, 4.69) is 16.2 Å². The molecule has 0 saturated carbocycles. The Labute approximate surface area is 145 Å². The van der Waals surface area contributed by atoms with E-state index in [-0.39, 0.29) is 12.2 Å². The Morgan fingerprint density at radius 3 is 2.40 bits per heavy atom. The fourth-order valence-corrected chi connectivity index (χ4v) is 2.10. The van der Waals surface area contributed by atoms with E-state index >= 15 is 0 Å². The Hall–Kier alpha value is -3.35. The van der Waals surface area contributed by atoms with Crippen LogP contribution in [0.5, 0.6) is 0 Å². The van der Waals surface area contributed by atoms with Gasteiger partial charge >= 0.3 is 6.09 Å². The summed E-state index contributed by atoms with van der Waals surface area (Å²) in [6, 6.07) is 13.3. The van der Waals surface area contributed by atoms with Crippen LogP contribution in [0.3, 0.4) is 0 Å². The molecule has 0 unspecified atom stereocenters. The molecular formula is C18H19N3O4. The summed E-state index contributed by atoms with van der Waals surface area (Å²) in [6.07, 6.45) is -0.604. The van der Waals surface area contributed by atoms with Gasteiger partial charge in [-0.2, -0.15) is 0 Å². The van der Waals surface area contributed by atoms with Gasteiger partial charge in [0.2, 0.25) is 0 Å². The van der Waals surface area contributed by atoms with Crippen molar-refractivity contribution in [2.24, 2.45) is 0 Å². The van der Waals surface area contributed by atoms with Crippen molar-refractivity contribution < 1.29 is 19.1 Å². The Balaban J connectivity index is 1.98. The number of aryl methyl sites for hydroxylation is 1. The number of rotatable bonds is 4. The van der Waals surface area contributed by atoms with Crippen LogP contribution < -0.4 is 16.2 Å². The van der Waals surface area contributed by atoms with Crippen LogP contribution in [0.4, 0.5) is 10.5 Å². The van der Waals surface area contributed by atoms with Crippen LogP contribution in [0.25, 0.3) is 0 Å². The van der Waals surface area contributed by atoms with Crippen molar-refractivity contribution in [3.05, 3.63) is 65.2 Å². The second-order valence-corrected chi connectivity index (χ2v) is 5.15. The molecule has 7 nitrogen and oxygen atoms in total. The molecule has 0 radical (unpaired) electrons. The molecular weight excluding hydrogens is 322 g/mol. The maximum absolute atomic E-state index is 12.2. The molecule has 0 saturated heterocycles. The summed E-state index contributed by atoms with van der Waals surface area (Å²) in [7, 11) is 0. The van der Waals surface area contributed by atoms with E-state index in [9.17, 15) is 14.4 Å². The van der Waals surface area contributed by atoms with Crippen molar-refractivity contribution in [1.29, 1.82) is 0 Å². The van der Waals surface area contributed by atoms with Gasteiger partial charge in [-0.05, 0) is 43.7 Å². The normalized spacial score (nSPS) is 9.84. The van der Waals surface area contributed by atoms with Gasteiger partial charge in [0, 0.05) is 16.8 Å². The fourth-order valence-electron chi connectivity index (χ4n) is 2.10. The standard InChI is InChI=1S/C18H19N3O4/c1-3-25-18(24)19-14-9-6-8-13(11-14)16(22)20-21-17(23)15-10-5-4-7-12(15)2/h4-11H,3H2,1-2H3,(H,19,24)(H,20,22)(H,21,23). The monoisotopic (exact) mass is 341 g/mol. The average Bonchev–Trinajstić information content (AvgIpc) is 2.60. The number of carbonyl (C=O) groups excluding carboxylic acids is 3. The number of hydrogen-bond donors (Lipinski definition) is 3. The molecule has 0 heterocycles. The summed E-state index contributed by atoms with van der Waals surface area (Å²) in [5.41, 5.74) is 6.68. The lowest BCUT2D eigenvalue weighted by Crippen LogP contribution is -2.41. The van der Waals surface area contributed by atoms with E-state index in [1.165, 1.54) is 6.07 Å². The number of hydrazine groups is 1.